The number of nitrogens with zero attached hydrogens (tertiary/aromatic N) is 2. The van der Waals surface area contributed by atoms with Crippen LogP contribution < -0.4 is 10.5 Å². The first kappa shape index (κ1) is 18.2. The molecule has 3 N–H and O–H groups in total. The van der Waals surface area contributed by atoms with E-state index in [4.69, 9.17) is 10.5 Å². The van der Waals surface area contributed by atoms with E-state index in [1.807, 2.05) is 6.07 Å². The summed E-state index contributed by atoms with van der Waals surface area (Å²) in [5, 5.41) is 6.72. The highest BCUT2D eigenvalue weighted by atomic mass is 19.1. The molecule has 1 aliphatic rings. The first-order valence-electron chi connectivity index (χ1n) is 9.06. The predicted molar refractivity (Wildman–Crippen MR) is 103 cm³/mol. The third-order valence-electron chi connectivity index (χ3n) is 5.12. The third kappa shape index (κ3) is 3.25. The van der Waals surface area contributed by atoms with Gasteiger partial charge in [-0.05, 0) is 30.7 Å². The number of benzene rings is 2. The number of H-pyrrole nitrogens is 1. The number of amides is 1. The minimum Gasteiger partial charge on any atom is -0.496 e. The maximum Gasteiger partial charge on any atom is 0.254 e. The molecule has 2 heterocycles. The summed E-state index contributed by atoms with van der Waals surface area (Å²) in [6.07, 6.45) is 3.97. The number of nitrogens with two attached hydrogens (primary N) is 1. The van der Waals surface area contributed by atoms with Crippen LogP contribution in [0.4, 0.5) is 4.39 Å². The Bertz CT molecular complexity index is 990. The molecule has 4 rings (SSSR count). The van der Waals surface area contributed by atoms with Crippen molar-refractivity contribution >= 4 is 5.91 Å². The van der Waals surface area contributed by atoms with Gasteiger partial charge >= 0.3 is 0 Å². The Morgan fingerprint density at radius 1 is 1.32 bits per heavy atom. The molecule has 7 heteroatoms. The molecule has 0 spiro atoms. The molecule has 6 nitrogen and oxygen atoms in total. The van der Waals surface area contributed by atoms with Crippen LogP contribution in [0.1, 0.15) is 28.4 Å². The summed E-state index contributed by atoms with van der Waals surface area (Å²) in [6.45, 7) is 0.379. The molecular formula is C21H21FN4O2. The van der Waals surface area contributed by atoms with Crippen LogP contribution in [0.25, 0.3) is 11.1 Å². The van der Waals surface area contributed by atoms with Crippen molar-refractivity contribution in [2.75, 3.05) is 13.7 Å². The first-order valence-corrected chi connectivity index (χ1v) is 9.06. The number of rotatable bonds is 4. The number of halogens is 1. The van der Waals surface area contributed by atoms with Gasteiger partial charge in [0.1, 0.15) is 11.6 Å². The molecule has 2 atom stereocenters. The van der Waals surface area contributed by atoms with Crippen molar-refractivity contribution in [2.45, 2.75) is 18.5 Å². The van der Waals surface area contributed by atoms with Gasteiger partial charge in [0.2, 0.25) is 0 Å². The highest BCUT2D eigenvalue weighted by Gasteiger charge is 2.36. The number of aromatic amines is 1. The zero-order chi connectivity index (χ0) is 19.7. The van der Waals surface area contributed by atoms with Crippen molar-refractivity contribution in [2.24, 2.45) is 5.73 Å². The van der Waals surface area contributed by atoms with Crippen LogP contribution in [0, 0.1) is 5.82 Å². The van der Waals surface area contributed by atoms with Crippen LogP contribution in [0.15, 0.2) is 54.9 Å². The lowest BCUT2D eigenvalue weighted by molar-refractivity contribution is 0.0732. The van der Waals surface area contributed by atoms with E-state index in [2.05, 4.69) is 10.2 Å². The summed E-state index contributed by atoms with van der Waals surface area (Å²) >= 11 is 0. The highest BCUT2D eigenvalue weighted by Crippen LogP contribution is 2.36. The zero-order valence-electron chi connectivity index (χ0n) is 15.4. The Morgan fingerprint density at radius 3 is 2.86 bits per heavy atom. The number of likely N-dealkylation sites (tertiary alicyclic amines) is 1. The number of hydrogen-bond acceptors (Lipinski definition) is 4. The summed E-state index contributed by atoms with van der Waals surface area (Å²) < 4.78 is 19.8. The quantitative estimate of drug-likeness (QED) is 0.728. The fourth-order valence-corrected chi connectivity index (χ4v) is 3.76. The van der Waals surface area contributed by atoms with Crippen molar-refractivity contribution in [3.63, 3.8) is 0 Å². The van der Waals surface area contributed by atoms with Gasteiger partial charge in [0.15, 0.2) is 0 Å². The predicted octanol–water partition coefficient (Wildman–Crippen LogP) is 3.14. The lowest BCUT2D eigenvalue weighted by Gasteiger charge is -2.25. The van der Waals surface area contributed by atoms with Crippen molar-refractivity contribution in [3.8, 4) is 16.9 Å². The average molecular weight is 380 g/mol. The molecule has 1 aliphatic heterocycles. The molecule has 1 saturated heterocycles. The van der Waals surface area contributed by atoms with Gasteiger partial charge < -0.3 is 15.4 Å². The maximum absolute atomic E-state index is 14.3. The van der Waals surface area contributed by atoms with Crippen molar-refractivity contribution in [3.05, 3.63) is 71.8 Å². The van der Waals surface area contributed by atoms with Crippen LogP contribution in [-0.4, -0.2) is 40.7 Å². The van der Waals surface area contributed by atoms with Gasteiger partial charge in [-0.1, -0.05) is 18.2 Å². The van der Waals surface area contributed by atoms with Crippen molar-refractivity contribution < 1.29 is 13.9 Å². The van der Waals surface area contributed by atoms with Crippen LogP contribution in [0.2, 0.25) is 0 Å². The van der Waals surface area contributed by atoms with Gasteiger partial charge in [-0.25, -0.2) is 4.39 Å². The van der Waals surface area contributed by atoms with E-state index in [-0.39, 0.29) is 23.8 Å². The number of carbonyl (C=O) groups excluding carboxylic acids is 1. The minimum absolute atomic E-state index is 0.194. The topological polar surface area (TPSA) is 84.2 Å². The summed E-state index contributed by atoms with van der Waals surface area (Å²) in [5.41, 5.74) is 8.77. The van der Waals surface area contributed by atoms with Crippen LogP contribution in [-0.2, 0) is 0 Å². The summed E-state index contributed by atoms with van der Waals surface area (Å²) in [7, 11) is 1.56. The summed E-state index contributed by atoms with van der Waals surface area (Å²) in [6, 6.07) is 11.2. The molecule has 0 aliphatic carbocycles. The van der Waals surface area contributed by atoms with Gasteiger partial charge in [0.25, 0.3) is 5.91 Å². The molecule has 1 amide bonds. The monoisotopic (exact) mass is 380 g/mol. The average Bonchev–Trinajstić information content (AvgIpc) is 3.37. The number of aromatic nitrogens is 2. The molecule has 0 bridgehead atoms. The molecule has 0 unspecified atom stereocenters. The smallest absolute Gasteiger partial charge is 0.254 e. The Balaban J connectivity index is 1.67. The lowest BCUT2D eigenvalue weighted by Crippen LogP contribution is -2.33. The van der Waals surface area contributed by atoms with E-state index in [0.717, 1.165) is 11.1 Å². The third-order valence-corrected chi connectivity index (χ3v) is 5.12. The van der Waals surface area contributed by atoms with E-state index in [9.17, 15) is 9.18 Å². The number of nitrogens with one attached hydrogen (secondary N) is 1. The molecule has 144 valence electrons. The number of methoxy groups -OCH3 is 1. The number of carbonyl (C=O) groups is 1. The summed E-state index contributed by atoms with van der Waals surface area (Å²) in [4.78, 5) is 14.9. The normalized spacial score (nSPS) is 19.0. The Labute approximate surface area is 162 Å². The second-order valence-electron chi connectivity index (χ2n) is 6.89. The first-order chi connectivity index (χ1) is 13.6. The van der Waals surface area contributed by atoms with Crippen LogP contribution in [0.3, 0.4) is 0 Å². The van der Waals surface area contributed by atoms with E-state index in [1.165, 1.54) is 6.07 Å². The maximum atomic E-state index is 14.3. The van der Waals surface area contributed by atoms with Crippen molar-refractivity contribution in [1.29, 1.82) is 0 Å². The SMILES string of the molecule is COc1cc(C(=O)N2C[C@@H](N)C[C@@H]2c2ccccc2F)ccc1-c1cn[nH]c1. The molecule has 1 aromatic heterocycles. The molecule has 0 saturated carbocycles. The largest absolute Gasteiger partial charge is 0.496 e. The van der Waals surface area contributed by atoms with E-state index in [0.29, 0.717) is 29.8 Å². The fraction of sp³-hybridized carbons (Fsp3) is 0.238. The van der Waals surface area contributed by atoms with E-state index in [1.54, 1.807) is 54.7 Å². The molecular weight excluding hydrogens is 359 g/mol. The van der Waals surface area contributed by atoms with Crippen LogP contribution in [0.5, 0.6) is 5.75 Å². The lowest BCUT2D eigenvalue weighted by atomic mass is 10.0. The number of ether oxygens (including phenoxy) is 1. The van der Waals surface area contributed by atoms with E-state index < -0.39 is 0 Å². The number of hydrogen-bond donors (Lipinski definition) is 2. The molecule has 28 heavy (non-hydrogen) atoms. The van der Waals surface area contributed by atoms with Crippen LogP contribution >= 0.6 is 0 Å². The van der Waals surface area contributed by atoms with Crippen molar-refractivity contribution in [1.82, 2.24) is 15.1 Å². The molecule has 3 aromatic rings. The second kappa shape index (κ2) is 7.44. The Hall–Kier alpha value is -3.19. The second-order valence-corrected chi connectivity index (χ2v) is 6.89. The fourth-order valence-electron chi connectivity index (χ4n) is 3.76. The summed E-state index contributed by atoms with van der Waals surface area (Å²) in [5.74, 6) is 0.0451. The molecule has 0 radical (unpaired) electrons. The Kier molecular flexibility index (Phi) is 4.83. The van der Waals surface area contributed by atoms with E-state index >= 15 is 0 Å². The Morgan fingerprint density at radius 2 is 2.14 bits per heavy atom. The molecule has 2 aromatic carbocycles. The van der Waals surface area contributed by atoms with Gasteiger partial charge in [0.05, 0.1) is 19.3 Å². The standard InChI is InChI=1S/C21H21FN4O2/c1-28-20-8-13(6-7-16(20)14-10-24-25-11-14)21(27)26-12-15(23)9-19(26)17-4-2-3-5-18(17)22/h2-8,10-11,15,19H,9,12,23H2,1H3,(H,24,25)/t15-,19+/m0/s1. The minimum atomic E-state index is -0.386. The van der Waals surface area contributed by atoms with Gasteiger partial charge in [-0.15, -0.1) is 0 Å². The molecule has 1 fully saturated rings. The van der Waals surface area contributed by atoms with Gasteiger partial charge in [-0.2, -0.15) is 5.10 Å². The highest BCUT2D eigenvalue weighted by molar-refractivity contribution is 5.96. The van der Waals surface area contributed by atoms with Gasteiger partial charge in [-0.3, -0.25) is 9.89 Å². The van der Waals surface area contributed by atoms with Gasteiger partial charge in [0, 0.05) is 41.0 Å². The zero-order valence-corrected chi connectivity index (χ0v) is 15.4.